The Morgan fingerprint density at radius 1 is 1.20 bits per heavy atom. The first-order valence-corrected chi connectivity index (χ1v) is 10.9. The van der Waals surface area contributed by atoms with Crippen LogP contribution in [0.5, 0.6) is 5.75 Å². The number of carbonyl (C=O) groups excluding carboxylic acids is 3. The Labute approximate surface area is 178 Å². The number of hydrogen-bond donors (Lipinski definition) is 2. The summed E-state index contributed by atoms with van der Waals surface area (Å²) in [5.41, 5.74) is 0.546. The summed E-state index contributed by atoms with van der Waals surface area (Å²) in [6.45, 7) is 0.0147. The minimum atomic E-state index is -1.17. The summed E-state index contributed by atoms with van der Waals surface area (Å²) in [6, 6.07) is 14.5. The molecule has 0 radical (unpaired) electrons. The number of benzene rings is 2. The van der Waals surface area contributed by atoms with Crippen molar-refractivity contribution in [3.63, 3.8) is 0 Å². The molecule has 2 N–H and O–H groups in total. The van der Waals surface area contributed by atoms with Crippen molar-refractivity contribution in [2.45, 2.75) is 29.3 Å². The Morgan fingerprint density at radius 2 is 2.00 bits per heavy atom. The second-order valence-corrected chi connectivity index (χ2v) is 8.75. The summed E-state index contributed by atoms with van der Waals surface area (Å²) < 4.78 is 5.64. The molecule has 0 bridgehead atoms. The van der Waals surface area contributed by atoms with Gasteiger partial charge in [0.1, 0.15) is 12.3 Å². The number of ether oxygens (including phenoxy) is 1. The molecule has 0 aliphatic carbocycles. The topological polar surface area (TPSA) is 87.7 Å². The molecule has 8 heteroatoms. The first-order chi connectivity index (χ1) is 14.6. The molecule has 154 valence electrons. The van der Waals surface area contributed by atoms with Crippen LogP contribution in [0, 0.1) is 0 Å². The van der Waals surface area contributed by atoms with E-state index in [-0.39, 0.29) is 18.5 Å². The lowest BCUT2D eigenvalue weighted by Crippen LogP contribution is -2.48. The minimum Gasteiger partial charge on any atom is -0.493 e. The third kappa shape index (κ3) is 3.02. The van der Waals surface area contributed by atoms with Crippen LogP contribution in [0.1, 0.15) is 30.0 Å². The van der Waals surface area contributed by atoms with Crippen molar-refractivity contribution in [3.05, 3.63) is 59.7 Å². The predicted octanol–water partition coefficient (Wildman–Crippen LogP) is 2.57. The molecule has 0 aromatic heterocycles. The second-order valence-electron chi connectivity index (χ2n) is 7.62. The van der Waals surface area contributed by atoms with Crippen molar-refractivity contribution >= 4 is 29.6 Å². The molecular weight excluding hydrogens is 402 g/mol. The summed E-state index contributed by atoms with van der Waals surface area (Å²) in [5.74, 6) is 0.742. The van der Waals surface area contributed by atoms with E-state index in [0.717, 1.165) is 27.5 Å². The van der Waals surface area contributed by atoms with Crippen LogP contribution in [0.15, 0.2) is 53.4 Å². The van der Waals surface area contributed by atoms with Crippen molar-refractivity contribution < 1.29 is 19.1 Å². The van der Waals surface area contributed by atoms with Crippen LogP contribution in [-0.4, -0.2) is 41.6 Å². The summed E-state index contributed by atoms with van der Waals surface area (Å²) in [4.78, 5) is 40.9. The molecule has 3 aliphatic heterocycles. The molecule has 1 spiro atoms. The fraction of sp³-hybridized carbons (Fsp3) is 0.318. The Bertz CT molecular complexity index is 1040. The highest BCUT2D eigenvalue weighted by Gasteiger charge is 2.55. The summed E-state index contributed by atoms with van der Waals surface area (Å²) in [7, 11) is 0. The molecule has 4 amide bonds. The van der Waals surface area contributed by atoms with Crippen LogP contribution in [-0.2, 0) is 15.1 Å². The van der Waals surface area contributed by atoms with Crippen molar-refractivity contribution in [1.82, 2.24) is 15.5 Å². The monoisotopic (exact) mass is 423 g/mol. The fourth-order valence-corrected chi connectivity index (χ4v) is 5.52. The molecular formula is C22H21N3O4S. The lowest BCUT2D eigenvalue weighted by Gasteiger charge is -2.33. The Morgan fingerprint density at radius 3 is 2.90 bits per heavy atom. The van der Waals surface area contributed by atoms with Gasteiger partial charge in [0.05, 0.1) is 12.6 Å². The van der Waals surface area contributed by atoms with E-state index in [2.05, 4.69) is 10.6 Å². The fourth-order valence-electron chi connectivity index (χ4n) is 4.39. The van der Waals surface area contributed by atoms with Gasteiger partial charge in [-0.2, -0.15) is 0 Å². The number of urea groups is 1. The zero-order valence-electron chi connectivity index (χ0n) is 16.2. The van der Waals surface area contributed by atoms with Gasteiger partial charge in [0.15, 0.2) is 5.54 Å². The normalized spacial score (nSPS) is 24.7. The van der Waals surface area contributed by atoms with E-state index in [1.165, 1.54) is 0 Å². The van der Waals surface area contributed by atoms with Crippen LogP contribution >= 0.6 is 11.8 Å². The van der Waals surface area contributed by atoms with E-state index >= 15 is 0 Å². The highest BCUT2D eigenvalue weighted by molar-refractivity contribution is 7.99. The minimum absolute atomic E-state index is 0.117. The maximum absolute atomic E-state index is 13.3. The summed E-state index contributed by atoms with van der Waals surface area (Å²) in [5, 5.41) is 5.83. The third-order valence-electron chi connectivity index (χ3n) is 5.85. The standard InChI is InChI=1S/C22H21N3O4S/c26-19(23-16-9-12-30-18-8-4-1-5-14(16)18)13-25-20(27)22(24-21(25)28)10-11-29-17-7-3-2-6-15(17)22/h1-8,16H,9-13H2,(H,23,26)(H,24,28). The predicted molar refractivity (Wildman–Crippen MR) is 111 cm³/mol. The molecule has 7 nitrogen and oxygen atoms in total. The van der Waals surface area contributed by atoms with Gasteiger partial charge < -0.3 is 15.4 Å². The van der Waals surface area contributed by atoms with E-state index < -0.39 is 17.5 Å². The zero-order chi connectivity index (χ0) is 20.7. The van der Waals surface area contributed by atoms with Gasteiger partial charge in [-0.1, -0.05) is 36.4 Å². The lowest BCUT2D eigenvalue weighted by molar-refractivity contribution is -0.136. The molecule has 2 unspecified atom stereocenters. The number of thioether (sulfide) groups is 1. The van der Waals surface area contributed by atoms with E-state index in [1.807, 2.05) is 36.4 Å². The number of carbonyl (C=O) groups is 3. The Hall–Kier alpha value is -3.00. The average molecular weight is 423 g/mol. The molecule has 3 heterocycles. The maximum atomic E-state index is 13.3. The number of amides is 4. The molecule has 30 heavy (non-hydrogen) atoms. The van der Waals surface area contributed by atoms with Crippen molar-refractivity contribution in [3.8, 4) is 5.75 Å². The van der Waals surface area contributed by atoms with Crippen molar-refractivity contribution in [1.29, 1.82) is 0 Å². The third-order valence-corrected chi connectivity index (χ3v) is 6.98. The molecule has 2 aromatic rings. The number of para-hydroxylation sites is 1. The van der Waals surface area contributed by atoms with Crippen LogP contribution < -0.4 is 15.4 Å². The average Bonchev–Trinajstić information content (AvgIpc) is 2.99. The van der Waals surface area contributed by atoms with Crippen LogP contribution in [0.2, 0.25) is 0 Å². The molecule has 2 aromatic carbocycles. The van der Waals surface area contributed by atoms with Crippen LogP contribution in [0.25, 0.3) is 0 Å². The summed E-state index contributed by atoms with van der Waals surface area (Å²) in [6.07, 6.45) is 1.14. The van der Waals surface area contributed by atoms with Gasteiger partial charge >= 0.3 is 6.03 Å². The van der Waals surface area contributed by atoms with Crippen LogP contribution in [0.4, 0.5) is 4.79 Å². The number of nitrogens with zero attached hydrogens (tertiary/aromatic N) is 1. The number of fused-ring (bicyclic) bond motifs is 3. The quantitative estimate of drug-likeness (QED) is 0.741. The number of hydrogen-bond acceptors (Lipinski definition) is 5. The van der Waals surface area contributed by atoms with Gasteiger partial charge in [0, 0.05) is 22.6 Å². The molecule has 3 aliphatic rings. The van der Waals surface area contributed by atoms with E-state index in [4.69, 9.17) is 4.74 Å². The number of nitrogens with one attached hydrogen (secondary N) is 2. The largest absolute Gasteiger partial charge is 0.493 e. The molecule has 2 atom stereocenters. The molecule has 1 saturated heterocycles. The van der Waals surface area contributed by atoms with Crippen molar-refractivity contribution in [2.24, 2.45) is 0 Å². The Balaban J connectivity index is 1.34. The smallest absolute Gasteiger partial charge is 0.325 e. The highest BCUT2D eigenvalue weighted by atomic mass is 32.2. The van der Waals surface area contributed by atoms with Gasteiger partial charge in [-0.25, -0.2) is 4.79 Å². The van der Waals surface area contributed by atoms with Gasteiger partial charge in [-0.05, 0) is 24.1 Å². The van der Waals surface area contributed by atoms with Gasteiger partial charge in [-0.3, -0.25) is 14.5 Å². The van der Waals surface area contributed by atoms with E-state index in [0.29, 0.717) is 24.3 Å². The SMILES string of the molecule is O=C(CN1C(=O)NC2(CCOc3ccccc32)C1=O)NC1CCSc2ccccc21. The van der Waals surface area contributed by atoms with Gasteiger partial charge in [-0.15, -0.1) is 11.8 Å². The number of imide groups is 1. The van der Waals surface area contributed by atoms with Gasteiger partial charge in [0.25, 0.3) is 5.91 Å². The molecule has 0 saturated carbocycles. The highest BCUT2D eigenvalue weighted by Crippen LogP contribution is 2.41. The van der Waals surface area contributed by atoms with Crippen LogP contribution in [0.3, 0.4) is 0 Å². The Kier molecular flexibility index (Phi) is 4.66. The van der Waals surface area contributed by atoms with E-state index in [1.54, 1.807) is 23.9 Å². The second kappa shape index (κ2) is 7.36. The first kappa shape index (κ1) is 19.0. The molecule has 1 fully saturated rings. The first-order valence-electron chi connectivity index (χ1n) is 9.96. The van der Waals surface area contributed by atoms with Gasteiger partial charge in [0.2, 0.25) is 5.91 Å². The number of rotatable bonds is 3. The lowest BCUT2D eigenvalue weighted by atomic mass is 9.84. The summed E-state index contributed by atoms with van der Waals surface area (Å²) >= 11 is 1.77. The molecule has 5 rings (SSSR count). The zero-order valence-corrected chi connectivity index (χ0v) is 17.0. The van der Waals surface area contributed by atoms with Crippen molar-refractivity contribution in [2.75, 3.05) is 18.9 Å². The van der Waals surface area contributed by atoms with E-state index in [9.17, 15) is 14.4 Å². The maximum Gasteiger partial charge on any atom is 0.325 e.